The zero-order chi connectivity index (χ0) is 17.9. The van der Waals surface area contributed by atoms with E-state index in [2.05, 4.69) is 20.6 Å². The molecule has 0 aliphatic carbocycles. The highest BCUT2D eigenvalue weighted by atomic mass is 35.5. The molecule has 0 bridgehead atoms. The minimum atomic E-state index is 0.252. The van der Waals surface area contributed by atoms with Crippen LogP contribution in [0.25, 0.3) is 5.65 Å². The number of fused-ring (bicyclic) bond motifs is 1. The molecule has 0 aliphatic rings. The summed E-state index contributed by atoms with van der Waals surface area (Å²) in [5.74, 6) is 2.14. The number of anilines is 2. The van der Waals surface area contributed by atoms with Gasteiger partial charge in [0.15, 0.2) is 17.3 Å². The van der Waals surface area contributed by atoms with Crippen LogP contribution in [0.15, 0.2) is 65.6 Å². The number of nitrogens with one attached hydrogen (secondary N) is 1. The lowest BCUT2D eigenvalue weighted by Crippen LogP contribution is -2.02. The van der Waals surface area contributed by atoms with Gasteiger partial charge in [-0.15, -0.1) is 27.1 Å². The highest BCUT2D eigenvalue weighted by Crippen LogP contribution is 2.30. The van der Waals surface area contributed by atoms with Gasteiger partial charge in [0.1, 0.15) is 5.75 Å². The Labute approximate surface area is 158 Å². The number of hydrogen-bond acceptors (Lipinski definition) is 6. The first-order valence-corrected chi connectivity index (χ1v) is 9.20. The smallest absolute Gasteiger partial charge is 0.178 e. The maximum atomic E-state index is 9.88. The molecule has 6 nitrogen and oxygen atoms in total. The van der Waals surface area contributed by atoms with Crippen LogP contribution in [0.2, 0.25) is 5.02 Å². The third-order valence-corrected chi connectivity index (χ3v) is 4.94. The summed E-state index contributed by atoms with van der Waals surface area (Å²) in [7, 11) is 0. The number of thioether (sulfide) groups is 1. The Morgan fingerprint density at radius 3 is 2.77 bits per heavy atom. The molecule has 2 N–H and O–H groups in total. The summed E-state index contributed by atoms with van der Waals surface area (Å²) in [6, 6.07) is 18.3. The van der Waals surface area contributed by atoms with E-state index in [1.807, 2.05) is 48.5 Å². The highest BCUT2D eigenvalue weighted by Gasteiger charge is 2.10. The molecule has 0 amide bonds. The van der Waals surface area contributed by atoms with Crippen molar-refractivity contribution in [1.82, 2.24) is 19.8 Å². The van der Waals surface area contributed by atoms with Crippen molar-refractivity contribution in [3.05, 3.63) is 71.5 Å². The molecule has 4 rings (SSSR count). The monoisotopic (exact) mass is 383 g/mol. The van der Waals surface area contributed by atoms with Crippen molar-refractivity contribution in [2.75, 3.05) is 5.32 Å². The standard InChI is InChI=1S/C18H14ClN5OS/c19-12-4-3-5-13(10-12)20-16-8-9-17-21-22-18(24(17)23-16)11-26-15-7-2-1-6-14(15)25/h1-10,25H,11H2,(H,20,23). The zero-order valence-corrected chi connectivity index (χ0v) is 15.1. The largest absolute Gasteiger partial charge is 0.507 e. The molecule has 4 aromatic rings. The van der Waals surface area contributed by atoms with E-state index >= 15 is 0 Å². The van der Waals surface area contributed by atoms with Crippen LogP contribution in [0.5, 0.6) is 5.75 Å². The Kier molecular flexibility index (Phi) is 4.64. The second-order valence-electron chi connectivity index (χ2n) is 5.50. The number of benzene rings is 2. The van der Waals surface area contributed by atoms with Gasteiger partial charge in [-0.25, -0.2) is 0 Å². The van der Waals surface area contributed by atoms with Crippen LogP contribution >= 0.6 is 23.4 Å². The minimum Gasteiger partial charge on any atom is -0.507 e. The van der Waals surface area contributed by atoms with Crippen molar-refractivity contribution in [3.63, 3.8) is 0 Å². The topological polar surface area (TPSA) is 75.3 Å². The first-order chi connectivity index (χ1) is 12.7. The van der Waals surface area contributed by atoms with Crippen molar-refractivity contribution < 1.29 is 5.11 Å². The third kappa shape index (κ3) is 3.58. The Morgan fingerprint density at radius 2 is 1.92 bits per heavy atom. The van der Waals surface area contributed by atoms with Gasteiger partial charge in [-0.1, -0.05) is 29.8 Å². The Bertz CT molecular complexity index is 1070. The predicted octanol–water partition coefficient (Wildman–Crippen LogP) is 4.52. The fraction of sp³-hybridized carbons (Fsp3) is 0.0556. The van der Waals surface area contributed by atoms with E-state index in [4.69, 9.17) is 11.6 Å². The molecule has 0 aliphatic heterocycles. The number of rotatable bonds is 5. The number of para-hydroxylation sites is 1. The number of hydrogen-bond donors (Lipinski definition) is 2. The SMILES string of the molecule is Oc1ccccc1SCc1nnc2ccc(Nc3cccc(Cl)c3)nn12. The molecule has 2 aromatic carbocycles. The van der Waals surface area contributed by atoms with Gasteiger partial charge in [0.25, 0.3) is 0 Å². The number of aromatic hydroxyl groups is 1. The lowest BCUT2D eigenvalue weighted by molar-refractivity contribution is 0.462. The summed E-state index contributed by atoms with van der Waals surface area (Å²) in [6.45, 7) is 0. The van der Waals surface area contributed by atoms with E-state index in [-0.39, 0.29) is 5.75 Å². The molecule has 0 fully saturated rings. The van der Waals surface area contributed by atoms with Crippen molar-refractivity contribution in [1.29, 1.82) is 0 Å². The Balaban J connectivity index is 1.57. The van der Waals surface area contributed by atoms with E-state index in [1.54, 1.807) is 16.6 Å². The van der Waals surface area contributed by atoms with Gasteiger partial charge in [-0.3, -0.25) is 0 Å². The highest BCUT2D eigenvalue weighted by molar-refractivity contribution is 7.98. The molecule has 0 atom stereocenters. The van der Waals surface area contributed by atoms with Gasteiger partial charge in [-0.05, 0) is 42.5 Å². The molecule has 0 radical (unpaired) electrons. The fourth-order valence-corrected chi connectivity index (χ4v) is 3.47. The second-order valence-corrected chi connectivity index (χ2v) is 6.95. The minimum absolute atomic E-state index is 0.252. The summed E-state index contributed by atoms with van der Waals surface area (Å²) in [4.78, 5) is 0.789. The zero-order valence-electron chi connectivity index (χ0n) is 13.5. The lowest BCUT2D eigenvalue weighted by Gasteiger charge is -2.07. The molecule has 2 heterocycles. The molecule has 0 spiro atoms. The van der Waals surface area contributed by atoms with Gasteiger partial charge in [0.2, 0.25) is 0 Å². The number of phenolic OH excluding ortho intramolecular Hbond substituents is 1. The molecular formula is C18H14ClN5OS. The van der Waals surface area contributed by atoms with Crippen LogP contribution in [-0.2, 0) is 5.75 Å². The molecular weight excluding hydrogens is 370 g/mol. The average Bonchev–Trinajstić information content (AvgIpc) is 3.03. The first kappa shape index (κ1) is 16.7. The van der Waals surface area contributed by atoms with Crippen molar-refractivity contribution in [3.8, 4) is 5.75 Å². The number of aromatic nitrogens is 4. The number of phenols is 1. The fourth-order valence-electron chi connectivity index (χ4n) is 2.43. The predicted molar refractivity (Wildman–Crippen MR) is 103 cm³/mol. The maximum Gasteiger partial charge on any atom is 0.178 e. The van der Waals surface area contributed by atoms with Gasteiger partial charge >= 0.3 is 0 Å². The molecule has 26 heavy (non-hydrogen) atoms. The average molecular weight is 384 g/mol. The van der Waals surface area contributed by atoms with E-state index in [9.17, 15) is 5.11 Å². The normalized spacial score (nSPS) is 11.0. The van der Waals surface area contributed by atoms with E-state index in [0.29, 0.717) is 28.1 Å². The van der Waals surface area contributed by atoms with Crippen molar-refractivity contribution >= 4 is 40.5 Å². The van der Waals surface area contributed by atoms with Gasteiger partial charge < -0.3 is 10.4 Å². The van der Waals surface area contributed by atoms with E-state index in [0.717, 1.165) is 10.6 Å². The summed E-state index contributed by atoms with van der Waals surface area (Å²) < 4.78 is 1.69. The third-order valence-electron chi connectivity index (χ3n) is 3.65. The molecule has 0 saturated carbocycles. The van der Waals surface area contributed by atoms with Crippen LogP contribution in [0.4, 0.5) is 11.5 Å². The van der Waals surface area contributed by atoms with Crippen LogP contribution in [0.3, 0.4) is 0 Å². The quantitative estimate of drug-likeness (QED) is 0.493. The molecule has 2 aromatic heterocycles. The van der Waals surface area contributed by atoms with E-state index < -0.39 is 0 Å². The molecule has 8 heteroatoms. The summed E-state index contributed by atoms with van der Waals surface area (Å²) in [5.41, 5.74) is 1.51. The Hall–Kier alpha value is -2.77. The second kappa shape index (κ2) is 7.23. The van der Waals surface area contributed by atoms with Gasteiger partial charge in [0.05, 0.1) is 5.75 Å². The van der Waals surface area contributed by atoms with Crippen LogP contribution in [-0.4, -0.2) is 24.9 Å². The van der Waals surface area contributed by atoms with Crippen LogP contribution < -0.4 is 5.32 Å². The molecule has 0 saturated heterocycles. The van der Waals surface area contributed by atoms with Crippen molar-refractivity contribution in [2.45, 2.75) is 10.6 Å². The summed E-state index contributed by atoms with van der Waals surface area (Å²) >= 11 is 7.50. The molecule has 130 valence electrons. The van der Waals surface area contributed by atoms with Crippen molar-refractivity contribution in [2.24, 2.45) is 0 Å². The molecule has 0 unspecified atom stereocenters. The Morgan fingerprint density at radius 1 is 1.04 bits per heavy atom. The van der Waals surface area contributed by atoms with E-state index in [1.165, 1.54) is 11.8 Å². The van der Waals surface area contributed by atoms with Crippen LogP contribution in [0, 0.1) is 0 Å². The maximum absolute atomic E-state index is 9.88. The number of nitrogens with zero attached hydrogens (tertiary/aromatic N) is 4. The number of halogens is 1. The first-order valence-electron chi connectivity index (χ1n) is 7.84. The van der Waals surface area contributed by atoms with Gasteiger partial charge in [-0.2, -0.15) is 4.52 Å². The summed E-state index contributed by atoms with van der Waals surface area (Å²) in [5, 5.41) is 26.7. The summed E-state index contributed by atoms with van der Waals surface area (Å²) in [6.07, 6.45) is 0. The van der Waals surface area contributed by atoms with Gasteiger partial charge in [0, 0.05) is 15.6 Å². The lowest BCUT2D eigenvalue weighted by atomic mass is 10.3. The van der Waals surface area contributed by atoms with Crippen LogP contribution in [0.1, 0.15) is 5.82 Å².